The third-order valence-corrected chi connectivity index (χ3v) is 9.36. The second-order valence-electron chi connectivity index (χ2n) is 10.6. The average Bonchev–Trinajstić information content (AvgIpc) is 3.18. The van der Waals surface area contributed by atoms with E-state index < -0.39 is 11.9 Å². The first-order valence-electron chi connectivity index (χ1n) is 14.6. The maximum absolute atomic E-state index is 12.8. The molecule has 0 saturated carbocycles. The van der Waals surface area contributed by atoms with Crippen LogP contribution in [0, 0.1) is 0 Å². The van der Waals surface area contributed by atoms with Gasteiger partial charge in [0.25, 0.3) is 5.91 Å². The third-order valence-electron chi connectivity index (χ3n) is 7.52. The average molecular weight is 608 g/mol. The number of para-hydroxylation sites is 1. The molecule has 3 aromatic carbocycles. The van der Waals surface area contributed by atoms with Gasteiger partial charge >= 0.3 is 0 Å². The minimum atomic E-state index is -0.827. The first-order chi connectivity index (χ1) is 20.4. The summed E-state index contributed by atoms with van der Waals surface area (Å²) in [6.07, 6.45) is 9.45. The van der Waals surface area contributed by atoms with Crippen LogP contribution in [0.25, 0.3) is 0 Å². The third kappa shape index (κ3) is 8.02. The van der Waals surface area contributed by atoms with Gasteiger partial charge in [-0.05, 0) is 73.0 Å². The lowest BCUT2D eigenvalue weighted by atomic mass is 9.87. The molecule has 0 fully saturated rings. The molecular weight excluding hydrogens is 567 g/mol. The summed E-state index contributed by atoms with van der Waals surface area (Å²) >= 11 is 3.22. The number of benzene rings is 3. The van der Waals surface area contributed by atoms with Gasteiger partial charge in [-0.15, -0.1) is 11.8 Å². The molecule has 42 heavy (non-hydrogen) atoms. The van der Waals surface area contributed by atoms with Crippen LogP contribution >= 0.6 is 23.7 Å². The molecule has 0 aliphatic carbocycles. The Morgan fingerprint density at radius 2 is 1.81 bits per heavy atom. The quantitative estimate of drug-likeness (QED) is 0.0991. The Balaban J connectivity index is 1.60. The van der Waals surface area contributed by atoms with Crippen molar-refractivity contribution in [1.29, 1.82) is 0 Å². The van der Waals surface area contributed by atoms with Crippen LogP contribution in [0.5, 0.6) is 11.5 Å². The van der Waals surface area contributed by atoms with Gasteiger partial charge in [-0.1, -0.05) is 69.9 Å². The van der Waals surface area contributed by atoms with Crippen LogP contribution in [0.4, 0.5) is 11.4 Å². The number of thioether (sulfide) groups is 1. The van der Waals surface area contributed by atoms with Crippen LogP contribution in [0.3, 0.4) is 0 Å². The van der Waals surface area contributed by atoms with Crippen LogP contribution in [0.2, 0.25) is 0 Å². The van der Waals surface area contributed by atoms with Gasteiger partial charge in [0.05, 0.1) is 15.5 Å². The number of unbranched alkanes of at least 4 members (excludes halogenated alkanes) is 2. The van der Waals surface area contributed by atoms with Crippen molar-refractivity contribution in [3.05, 3.63) is 72.3 Å². The summed E-state index contributed by atoms with van der Waals surface area (Å²) in [4.78, 5) is 28.9. The van der Waals surface area contributed by atoms with Gasteiger partial charge < -0.3 is 24.9 Å². The normalized spacial score (nSPS) is 14.9. The molecule has 0 spiro atoms. The summed E-state index contributed by atoms with van der Waals surface area (Å²) in [7, 11) is 0. The van der Waals surface area contributed by atoms with Crippen LogP contribution < -0.4 is 19.7 Å². The van der Waals surface area contributed by atoms with Gasteiger partial charge in [0.1, 0.15) is 23.8 Å². The highest BCUT2D eigenvalue weighted by Gasteiger charge is 2.36. The lowest BCUT2D eigenvalue weighted by Gasteiger charge is -2.38. The van der Waals surface area contributed by atoms with Gasteiger partial charge in [0.2, 0.25) is 0 Å². The number of carbonyl (C=O) groups excluding carboxylic acids is 2. The fourth-order valence-electron chi connectivity index (χ4n) is 5.17. The monoisotopic (exact) mass is 607 g/mol. The summed E-state index contributed by atoms with van der Waals surface area (Å²) in [5.74, 6) is 0.314. The van der Waals surface area contributed by atoms with Crippen molar-refractivity contribution >= 4 is 47.3 Å². The molecule has 1 heterocycles. The summed E-state index contributed by atoms with van der Waals surface area (Å²) < 4.78 is 9.95. The van der Waals surface area contributed by atoms with E-state index in [0.717, 1.165) is 66.2 Å². The number of aldehydes is 1. The molecule has 224 valence electrons. The molecule has 1 atom stereocenters. The number of rotatable bonds is 14. The molecular formula is C33H41N3O4S2. The minimum Gasteiger partial charge on any atom is -0.508 e. The molecule has 1 amide bonds. The maximum atomic E-state index is 12.8. The van der Waals surface area contributed by atoms with Crippen molar-refractivity contribution in [2.75, 3.05) is 24.3 Å². The summed E-state index contributed by atoms with van der Waals surface area (Å²) in [6, 6.07) is 20.1. The Bertz CT molecular complexity index is 1310. The molecule has 0 radical (unpaired) electrons. The number of carbonyl (C=O) groups is 2. The maximum Gasteiger partial charge on any atom is 0.258 e. The van der Waals surface area contributed by atoms with Crippen molar-refractivity contribution in [2.24, 2.45) is 0 Å². The number of hydrogen-bond donors (Lipinski definition) is 3. The Hall–Kier alpha value is -3.14. The predicted molar refractivity (Wildman–Crippen MR) is 173 cm³/mol. The topological polar surface area (TPSA) is 90.9 Å². The highest BCUT2D eigenvalue weighted by Crippen LogP contribution is 2.45. The second kappa shape index (κ2) is 15.4. The number of phenols is 1. The van der Waals surface area contributed by atoms with Crippen molar-refractivity contribution < 1.29 is 19.4 Å². The zero-order valence-electron chi connectivity index (χ0n) is 24.6. The number of phenolic OH excluding ortho intramolecular Hbond substituents is 1. The number of nitrogens with zero attached hydrogens (tertiary/aromatic N) is 1. The van der Waals surface area contributed by atoms with E-state index in [0.29, 0.717) is 17.6 Å². The van der Waals surface area contributed by atoms with E-state index in [-0.39, 0.29) is 17.9 Å². The molecule has 3 N–H and O–H groups in total. The zero-order chi connectivity index (χ0) is 30.0. The number of nitrogens with one attached hydrogen (secondary N) is 2. The van der Waals surface area contributed by atoms with Crippen molar-refractivity contribution in [1.82, 2.24) is 10.0 Å². The number of fused-ring (bicyclic) bond motifs is 1. The number of aromatic hydroxyl groups is 1. The standard InChI is InChI=1S/C33H41N3O4S2/c1-4-6-17-33(18-7-5-2)23-36(25-11-9-8-10-12-25)28-19-31(41-3)29(20-30(28)42-35-33)40-22-32(39)34-27(21-37)24-13-15-26(38)16-14-24/h8-16,19-21,27,35,38H,4-7,17-18,22-23H2,1-3H3,(H,34,39). The molecule has 3 aromatic rings. The number of ether oxygens (including phenoxy) is 1. The summed E-state index contributed by atoms with van der Waals surface area (Å²) in [5.41, 5.74) is 2.80. The number of hydrogen-bond acceptors (Lipinski definition) is 8. The highest BCUT2D eigenvalue weighted by molar-refractivity contribution is 7.98. The number of amides is 1. The van der Waals surface area contributed by atoms with Gasteiger partial charge in [-0.2, -0.15) is 0 Å². The fourth-order valence-corrected chi connectivity index (χ4v) is 6.75. The Labute approximate surface area is 257 Å². The second-order valence-corrected chi connectivity index (χ2v) is 12.3. The van der Waals surface area contributed by atoms with E-state index in [1.54, 1.807) is 35.8 Å². The van der Waals surface area contributed by atoms with E-state index in [1.807, 2.05) is 18.4 Å². The van der Waals surface area contributed by atoms with Crippen molar-refractivity contribution in [3.63, 3.8) is 0 Å². The summed E-state index contributed by atoms with van der Waals surface area (Å²) in [5, 5.41) is 12.2. The molecule has 1 unspecified atom stereocenters. The first-order valence-corrected chi connectivity index (χ1v) is 16.6. The van der Waals surface area contributed by atoms with E-state index >= 15 is 0 Å². The molecule has 1 aliphatic rings. The van der Waals surface area contributed by atoms with E-state index in [1.165, 1.54) is 12.1 Å². The molecule has 0 saturated heterocycles. The van der Waals surface area contributed by atoms with E-state index in [9.17, 15) is 14.7 Å². The Morgan fingerprint density at radius 3 is 2.43 bits per heavy atom. The number of anilines is 2. The highest BCUT2D eigenvalue weighted by atomic mass is 32.2. The lowest BCUT2D eigenvalue weighted by molar-refractivity contribution is -0.125. The van der Waals surface area contributed by atoms with Gasteiger partial charge in [-0.3, -0.25) is 9.52 Å². The summed E-state index contributed by atoms with van der Waals surface area (Å²) in [6.45, 7) is 5.12. The molecule has 0 aromatic heterocycles. The zero-order valence-corrected chi connectivity index (χ0v) is 26.2. The first kappa shape index (κ1) is 31.8. The molecule has 4 rings (SSSR count). The molecule has 9 heteroatoms. The largest absolute Gasteiger partial charge is 0.508 e. The van der Waals surface area contributed by atoms with E-state index in [4.69, 9.17) is 4.74 Å². The fraction of sp³-hybridized carbons (Fsp3) is 0.394. The molecule has 7 nitrogen and oxygen atoms in total. The van der Waals surface area contributed by atoms with E-state index in [2.05, 4.69) is 59.1 Å². The minimum absolute atomic E-state index is 0.0515. The van der Waals surface area contributed by atoms with Crippen LogP contribution in [-0.4, -0.2) is 42.2 Å². The Kier molecular flexibility index (Phi) is 11.6. The lowest BCUT2D eigenvalue weighted by Crippen LogP contribution is -2.49. The van der Waals surface area contributed by atoms with Gasteiger partial charge in [0.15, 0.2) is 6.61 Å². The van der Waals surface area contributed by atoms with Crippen molar-refractivity contribution in [2.45, 2.75) is 73.7 Å². The van der Waals surface area contributed by atoms with Gasteiger partial charge in [-0.25, -0.2) is 0 Å². The molecule has 0 bridgehead atoms. The van der Waals surface area contributed by atoms with Gasteiger partial charge in [0, 0.05) is 17.8 Å². The van der Waals surface area contributed by atoms with Crippen LogP contribution in [-0.2, 0) is 9.59 Å². The smallest absolute Gasteiger partial charge is 0.258 e. The van der Waals surface area contributed by atoms with Crippen molar-refractivity contribution in [3.8, 4) is 11.5 Å². The molecule has 1 aliphatic heterocycles. The Morgan fingerprint density at radius 1 is 1.12 bits per heavy atom. The SMILES string of the molecule is CCCCC1(CCCC)CN(c2ccccc2)c2cc(SC)c(OCC(=O)NC(C=O)c3ccc(O)cc3)cc2SN1. The van der Waals surface area contributed by atoms with Crippen LogP contribution in [0.1, 0.15) is 64.0 Å². The predicted octanol–water partition coefficient (Wildman–Crippen LogP) is 7.42. The van der Waals surface area contributed by atoms with Crippen LogP contribution in [0.15, 0.2) is 76.5 Å².